The van der Waals surface area contributed by atoms with Gasteiger partial charge in [-0.2, -0.15) is 12.6 Å². The fourth-order valence-electron chi connectivity index (χ4n) is 2.79. The lowest BCUT2D eigenvalue weighted by Gasteiger charge is -2.26. The number of carbonyl (C=O) groups is 2. The van der Waals surface area contributed by atoms with Crippen molar-refractivity contribution in [3.05, 3.63) is 0 Å². The van der Waals surface area contributed by atoms with Crippen molar-refractivity contribution in [2.45, 2.75) is 81.6 Å². The molecule has 15 nitrogen and oxygen atoms in total. The third kappa shape index (κ3) is 13.0. The standard InChI is InChI=1S/C10H19NO6S.C5H11NO2S.C5H10O5.CH4/c1-2-17-10(16)5-4-18-9(11-5)8(15)7(14)6(13)3-12;1-2-8-5(7)4(6)3-9;6-1-2-3(7)4(8)5(9)10-2;/h5-9,11-15H,2-4H2,1H3;4,9H,2-3,6H2,1H3;2-9H,1H2;1H4. The van der Waals surface area contributed by atoms with Crippen molar-refractivity contribution in [3.63, 3.8) is 0 Å². The first kappa shape index (κ1) is 39.3. The lowest BCUT2D eigenvalue weighted by atomic mass is 10.1. The second-order valence-corrected chi connectivity index (χ2v) is 9.27. The van der Waals surface area contributed by atoms with E-state index in [1.807, 2.05) is 0 Å². The van der Waals surface area contributed by atoms with Gasteiger partial charge in [0, 0.05) is 11.5 Å². The van der Waals surface area contributed by atoms with Crippen LogP contribution >= 0.6 is 24.4 Å². The Bertz CT molecular complexity index is 654. The van der Waals surface area contributed by atoms with Crippen LogP contribution in [0.1, 0.15) is 21.3 Å². The number of thioether (sulfide) groups is 1. The number of hydrogen-bond acceptors (Lipinski definition) is 17. The summed E-state index contributed by atoms with van der Waals surface area (Å²) in [6.07, 6.45) is -8.92. The van der Waals surface area contributed by atoms with Crippen molar-refractivity contribution in [1.29, 1.82) is 0 Å². The van der Waals surface area contributed by atoms with Gasteiger partial charge in [-0.25, -0.2) is 0 Å². The molecular weight excluding hydrogens is 552 g/mol. The van der Waals surface area contributed by atoms with E-state index in [1.54, 1.807) is 13.8 Å². The topological polar surface area (TPSA) is 262 Å². The SMILES string of the molecule is C.CCOC(=O)C(N)CS.CCOC(=O)C1CSC(C(O)C(O)C(O)CO)N1.OCC1OC(O)C(O)C1O. The Balaban J connectivity index is 0. The van der Waals surface area contributed by atoms with Gasteiger partial charge in [-0.3, -0.25) is 14.9 Å². The number of esters is 2. The molecule has 17 heteroatoms. The van der Waals surface area contributed by atoms with Gasteiger partial charge < -0.3 is 60.8 Å². The number of rotatable bonds is 10. The Kier molecular flexibility index (Phi) is 21.8. The summed E-state index contributed by atoms with van der Waals surface area (Å²) in [4.78, 5) is 22.0. The average Bonchev–Trinajstić information content (AvgIpc) is 3.49. The maximum Gasteiger partial charge on any atom is 0.324 e. The van der Waals surface area contributed by atoms with E-state index in [1.165, 1.54) is 11.8 Å². The molecule has 2 aliphatic rings. The summed E-state index contributed by atoms with van der Waals surface area (Å²) in [7, 11) is 0. The maximum atomic E-state index is 11.4. The van der Waals surface area contributed by atoms with E-state index < -0.39 is 79.6 Å². The summed E-state index contributed by atoms with van der Waals surface area (Å²) in [6, 6.07) is -1.11. The molecule has 2 saturated heterocycles. The first-order valence-electron chi connectivity index (χ1n) is 11.4. The van der Waals surface area contributed by atoms with Crippen molar-refractivity contribution < 1.29 is 64.7 Å². The highest BCUT2D eigenvalue weighted by Crippen LogP contribution is 2.24. The molecule has 228 valence electrons. The van der Waals surface area contributed by atoms with Crippen molar-refractivity contribution in [2.24, 2.45) is 5.73 Å². The molecule has 10 atom stereocenters. The van der Waals surface area contributed by atoms with Crippen molar-refractivity contribution in [2.75, 3.05) is 37.9 Å². The van der Waals surface area contributed by atoms with Crippen LogP contribution in [0.3, 0.4) is 0 Å². The second kappa shape index (κ2) is 21.0. The molecule has 2 heterocycles. The van der Waals surface area contributed by atoms with Crippen LogP contribution in [-0.2, 0) is 23.8 Å². The lowest BCUT2D eigenvalue weighted by molar-refractivity contribution is -0.145. The molecule has 2 fully saturated rings. The predicted molar refractivity (Wildman–Crippen MR) is 140 cm³/mol. The molecule has 0 aromatic heterocycles. The fourth-order valence-corrected chi connectivity index (χ4v) is 4.19. The molecule has 0 bridgehead atoms. The zero-order valence-electron chi connectivity index (χ0n) is 20.6. The van der Waals surface area contributed by atoms with Gasteiger partial charge in [0.05, 0.1) is 31.8 Å². The summed E-state index contributed by atoms with van der Waals surface area (Å²) in [5, 5.41) is 74.4. The predicted octanol–water partition coefficient (Wildman–Crippen LogP) is -4.48. The fraction of sp³-hybridized carbons (Fsp3) is 0.905. The summed E-state index contributed by atoms with van der Waals surface area (Å²) in [6.45, 7) is 3.05. The third-order valence-corrected chi connectivity index (χ3v) is 6.62. The van der Waals surface area contributed by atoms with E-state index in [-0.39, 0.29) is 20.0 Å². The Morgan fingerprint density at radius 3 is 2.08 bits per heavy atom. The molecule has 0 amide bonds. The first-order chi connectivity index (χ1) is 17.4. The molecule has 10 unspecified atom stereocenters. The Hall–Kier alpha value is -0.800. The summed E-state index contributed by atoms with van der Waals surface area (Å²) in [5.74, 6) is -0.0363. The molecule has 0 saturated carbocycles. The van der Waals surface area contributed by atoms with E-state index in [2.05, 4.69) is 27.4 Å². The normalized spacial score (nSPS) is 29.3. The van der Waals surface area contributed by atoms with Crippen LogP contribution in [0.5, 0.6) is 0 Å². The molecule has 2 aliphatic heterocycles. The number of ether oxygens (including phenoxy) is 3. The van der Waals surface area contributed by atoms with Gasteiger partial charge in [-0.05, 0) is 13.8 Å². The monoisotopic (exact) mass is 596 g/mol. The number of thiol groups is 1. The van der Waals surface area contributed by atoms with Crippen LogP contribution in [0.2, 0.25) is 0 Å². The number of aliphatic hydroxyl groups excluding tert-OH is 8. The van der Waals surface area contributed by atoms with Crippen LogP contribution in [0.15, 0.2) is 0 Å². The van der Waals surface area contributed by atoms with E-state index in [9.17, 15) is 24.9 Å². The minimum Gasteiger partial charge on any atom is -0.465 e. The van der Waals surface area contributed by atoms with E-state index in [4.69, 9.17) is 36.0 Å². The minimum atomic E-state index is -1.47. The molecule has 0 aromatic rings. The van der Waals surface area contributed by atoms with Crippen LogP contribution < -0.4 is 11.1 Å². The number of aliphatic hydroxyl groups is 8. The smallest absolute Gasteiger partial charge is 0.324 e. The Morgan fingerprint density at radius 1 is 1.11 bits per heavy atom. The largest absolute Gasteiger partial charge is 0.465 e. The quantitative estimate of drug-likeness (QED) is 0.0838. The second-order valence-electron chi connectivity index (χ2n) is 7.73. The van der Waals surface area contributed by atoms with Gasteiger partial charge in [-0.15, -0.1) is 11.8 Å². The number of nitrogens with one attached hydrogen (secondary N) is 1. The highest BCUT2D eigenvalue weighted by Gasteiger charge is 2.41. The van der Waals surface area contributed by atoms with Crippen molar-refractivity contribution in [1.82, 2.24) is 5.32 Å². The highest BCUT2D eigenvalue weighted by molar-refractivity contribution is 8.00. The molecule has 0 aromatic carbocycles. The van der Waals surface area contributed by atoms with E-state index in [0.29, 0.717) is 18.1 Å². The summed E-state index contributed by atoms with van der Waals surface area (Å²) < 4.78 is 14.0. The van der Waals surface area contributed by atoms with Gasteiger partial charge in [0.1, 0.15) is 48.7 Å². The van der Waals surface area contributed by atoms with Crippen LogP contribution in [0.25, 0.3) is 0 Å². The van der Waals surface area contributed by atoms with Gasteiger partial charge >= 0.3 is 11.9 Å². The van der Waals surface area contributed by atoms with Crippen molar-refractivity contribution in [3.8, 4) is 0 Å². The summed E-state index contributed by atoms with van der Waals surface area (Å²) in [5.41, 5.74) is 5.25. The minimum absolute atomic E-state index is 0. The molecule has 11 N–H and O–H groups in total. The summed E-state index contributed by atoms with van der Waals surface area (Å²) >= 11 is 5.08. The number of carbonyl (C=O) groups excluding carboxylic acids is 2. The molecule has 2 rings (SSSR count). The maximum absolute atomic E-state index is 11.4. The number of nitrogens with two attached hydrogens (primary N) is 1. The van der Waals surface area contributed by atoms with Gasteiger partial charge in [0.2, 0.25) is 0 Å². The van der Waals surface area contributed by atoms with Crippen LogP contribution in [-0.4, -0.2) is 151 Å². The Morgan fingerprint density at radius 2 is 1.68 bits per heavy atom. The van der Waals surface area contributed by atoms with Crippen LogP contribution in [0, 0.1) is 0 Å². The van der Waals surface area contributed by atoms with Gasteiger partial charge in [0.25, 0.3) is 0 Å². The van der Waals surface area contributed by atoms with Crippen molar-refractivity contribution >= 4 is 36.3 Å². The lowest BCUT2D eigenvalue weighted by Crippen LogP contribution is -2.50. The van der Waals surface area contributed by atoms with Crippen LogP contribution in [0.4, 0.5) is 0 Å². The molecule has 0 aliphatic carbocycles. The zero-order chi connectivity index (χ0) is 28.7. The van der Waals surface area contributed by atoms with E-state index in [0.717, 1.165) is 0 Å². The molecule has 0 radical (unpaired) electrons. The highest BCUT2D eigenvalue weighted by atomic mass is 32.2. The first-order valence-corrected chi connectivity index (χ1v) is 13.1. The number of hydrogen-bond donors (Lipinski definition) is 11. The van der Waals surface area contributed by atoms with Gasteiger partial charge in [-0.1, -0.05) is 7.43 Å². The third-order valence-electron chi connectivity index (χ3n) is 4.92. The zero-order valence-corrected chi connectivity index (χ0v) is 22.3. The van der Waals surface area contributed by atoms with Gasteiger partial charge in [0.15, 0.2) is 6.29 Å². The average molecular weight is 597 g/mol. The molecular formula is C21H44N2O13S2. The molecule has 38 heavy (non-hydrogen) atoms. The Labute approximate surface area is 231 Å². The molecule has 0 spiro atoms. The van der Waals surface area contributed by atoms with E-state index >= 15 is 0 Å².